The zero-order valence-corrected chi connectivity index (χ0v) is 19.6. The zero-order chi connectivity index (χ0) is 24.5. The van der Waals surface area contributed by atoms with Gasteiger partial charge >= 0.3 is 18.0 Å². The van der Waals surface area contributed by atoms with Crippen molar-refractivity contribution in [1.29, 1.82) is 0 Å². The Bertz CT molecular complexity index is 1100. The molecule has 2 aromatic rings. The second-order valence-electron chi connectivity index (χ2n) is 6.76. The van der Waals surface area contributed by atoms with Crippen LogP contribution in [0.5, 0.6) is 0 Å². The van der Waals surface area contributed by atoms with Gasteiger partial charge in [-0.2, -0.15) is 0 Å². The summed E-state index contributed by atoms with van der Waals surface area (Å²) in [6.45, 7) is 4.91. The Morgan fingerprint density at radius 3 is 2.39 bits per heavy atom. The molecule has 174 valence electrons. The summed E-state index contributed by atoms with van der Waals surface area (Å²) in [6.07, 6.45) is 5.36. The van der Waals surface area contributed by atoms with Gasteiger partial charge in [-0.15, -0.1) is 17.8 Å². The van der Waals surface area contributed by atoms with Crippen molar-refractivity contribution in [3.63, 3.8) is 0 Å². The number of amides is 3. The highest BCUT2D eigenvalue weighted by molar-refractivity contribution is 7.18. The third-order valence-corrected chi connectivity index (χ3v) is 5.54. The summed E-state index contributed by atoms with van der Waals surface area (Å²) in [7, 11) is 1.42. The number of ether oxygens (including phenoxy) is 2. The second kappa shape index (κ2) is 11.7. The summed E-state index contributed by atoms with van der Waals surface area (Å²) in [6, 6.07) is 6.09. The number of urea groups is 1. The number of carbonyl (C=O) groups excluding carboxylic acids is 4. The molecular weight excluding hydrogens is 446 g/mol. The lowest BCUT2D eigenvalue weighted by atomic mass is 10.1. The lowest BCUT2D eigenvalue weighted by Gasteiger charge is -2.17. The van der Waals surface area contributed by atoms with Gasteiger partial charge in [0.25, 0.3) is 0 Å². The number of terminal acetylenes is 1. The molecule has 3 amide bonds. The predicted octanol–water partition coefficient (Wildman–Crippen LogP) is 3.49. The van der Waals surface area contributed by atoms with Crippen molar-refractivity contribution >= 4 is 45.9 Å². The number of anilines is 2. The third-order valence-electron chi connectivity index (χ3n) is 4.35. The number of likely N-dealkylation sites (N-methyl/N-ethyl adjacent to an activating group) is 1. The standard InChI is InChI=1S/C23H25N3O6S/c1-6-15-10-9-11-16(12-15)24-17(27)13-26(5)23(30)25-20-18(21(28)31-7-2)14(4)19(33-20)22(29)32-8-3/h1,9-12H,7-8,13H2,2-5H3,(H,24,27)(H,25,30). The minimum atomic E-state index is -0.675. The number of benzene rings is 1. The summed E-state index contributed by atoms with van der Waals surface area (Å²) < 4.78 is 10.1. The van der Waals surface area contributed by atoms with E-state index in [1.165, 1.54) is 7.05 Å². The number of nitrogens with one attached hydrogen (secondary N) is 2. The Morgan fingerprint density at radius 1 is 1.09 bits per heavy atom. The minimum absolute atomic E-state index is 0.0715. The van der Waals surface area contributed by atoms with Crippen LogP contribution in [0.3, 0.4) is 0 Å². The van der Waals surface area contributed by atoms with Gasteiger partial charge < -0.3 is 19.7 Å². The van der Waals surface area contributed by atoms with Crippen LogP contribution in [0.2, 0.25) is 0 Å². The first-order valence-electron chi connectivity index (χ1n) is 10.1. The fraction of sp³-hybridized carbons (Fsp3) is 0.304. The summed E-state index contributed by atoms with van der Waals surface area (Å²) in [5.41, 5.74) is 1.53. The Hall–Kier alpha value is -3.84. The van der Waals surface area contributed by atoms with Crippen molar-refractivity contribution in [3.8, 4) is 12.3 Å². The van der Waals surface area contributed by atoms with Gasteiger partial charge in [0.05, 0.1) is 18.8 Å². The van der Waals surface area contributed by atoms with E-state index in [1.54, 1.807) is 45.0 Å². The number of esters is 2. The molecule has 2 rings (SSSR count). The molecule has 0 saturated heterocycles. The normalized spacial score (nSPS) is 10.0. The minimum Gasteiger partial charge on any atom is -0.462 e. The Kier molecular flexibility index (Phi) is 9.00. The number of carbonyl (C=O) groups is 4. The molecule has 0 atom stereocenters. The SMILES string of the molecule is C#Cc1cccc(NC(=O)CN(C)C(=O)Nc2sc(C(=O)OCC)c(C)c2C(=O)OCC)c1. The first-order valence-corrected chi connectivity index (χ1v) is 10.9. The third kappa shape index (κ3) is 6.57. The van der Waals surface area contributed by atoms with Crippen molar-refractivity contribution in [3.05, 3.63) is 45.8 Å². The molecule has 0 saturated carbocycles. The van der Waals surface area contributed by atoms with E-state index < -0.39 is 23.9 Å². The number of thiophene rings is 1. The molecule has 0 radical (unpaired) electrons. The molecule has 2 N–H and O–H groups in total. The first kappa shape index (κ1) is 25.4. The van der Waals surface area contributed by atoms with Crippen LogP contribution in [-0.2, 0) is 14.3 Å². The van der Waals surface area contributed by atoms with Gasteiger partial charge in [-0.05, 0) is 44.5 Å². The summed E-state index contributed by atoms with van der Waals surface area (Å²) in [5.74, 6) is 0.756. The van der Waals surface area contributed by atoms with E-state index in [1.807, 2.05) is 0 Å². The van der Waals surface area contributed by atoms with E-state index in [-0.39, 0.29) is 35.2 Å². The van der Waals surface area contributed by atoms with Gasteiger partial charge in [0.2, 0.25) is 5.91 Å². The molecule has 9 nitrogen and oxygen atoms in total. The van der Waals surface area contributed by atoms with E-state index in [2.05, 4.69) is 16.6 Å². The molecule has 1 aromatic heterocycles. The smallest absolute Gasteiger partial charge is 0.348 e. The number of rotatable bonds is 8. The fourth-order valence-corrected chi connectivity index (χ4v) is 3.89. The highest BCUT2D eigenvalue weighted by Crippen LogP contribution is 2.34. The van der Waals surface area contributed by atoms with Crippen LogP contribution < -0.4 is 10.6 Å². The molecule has 33 heavy (non-hydrogen) atoms. The number of hydrogen-bond acceptors (Lipinski definition) is 7. The topological polar surface area (TPSA) is 114 Å². The monoisotopic (exact) mass is 471 g/mol. The fourth-order valence-electron chi connectivity index (χ4n) is 2.81. The maximum Gasteiger partial charge on any atom is 0.348 e. The lowest BCUT2D eigenvalue weighted by Crippen LogP contribution is -2.37. The molecule has 0 aliphatic heterocycles. The van der Waals surface area contributed by atoms with Crippen LogP contribution in [-0.4, -0.2) is 55.6 Å². The number of nitrogens with zero attached hydrogens (tertiary/aromatic N) is 1. The highest BCUT2D eigenvalue weighted by Gasteiger charge is 2.28. The van der Waals surface area contributed by atoms with Crippen LogP contribution in [0, 0.1) is 19.3 Å². The van der Waals surface area contributed by atoms with Gasteiger partial charge in [-0.1, -0.05) is 12.0 Å². The maximum absolute atomic E-state index is 12.7. The van der Waals surface area contributed by atoms with Gasteiger partial charge in [0.1, 0.15) is 16.4 Å². The van der Waals surface area contributed by atoms with Crippen LogP contribution in [0.15, 0.2) is 24.3 Å². The van der Waals surface area contributed by atoms with Crippen molar-refractivity contribution in [2.75, 3.05) is 37.4 Å². The van der Waals surface area contributed by atoms with E-state index >= 15 is 0 Å². The Morgan fingerprint density at radius 2 is 1.76 bits per heavy atom. The van der Waals surface area contributed by atoms with Crippen molar-refractivity contribution in [2.24, 2.45) is 0 Å². The molecule has 0 aliphatic carbocycles. The molecule has 0 fully saturated rings. The molecule has 0 bridgehead atoms. The molecule has 0 spiro atoms. The van der Waals surface area contributed by atoms with E-state index in [4.69, 9.17) is 15.9 Å². The zero-order valence-electron chi connectivity index (χ0n) is 18.8. The molecule has 1 aromatic carbocycles. The number of hydrogen-bond donors (Lipinski definition) is 2. The van der Waals surface area contributed by atoms with Crippen molar-refractivity contribution in [2.45, 2.75) is 20.8 Å². The summed E-state index contributed by atoms with van der Waals surface area (Å²) in [4.78, 5) is 51.1. The van der Waals surface area contributed by atoms with Gasteiger partial charge in [-0.3, -0.25) is 10.1 Å². The maximum atomic E-state index is 12.7. The highest BCUT2D eigenvalue weighted by atomic mass is 32.1. The Labute approximate surface area is 196 Å². The second-order valence-corrected chi connectivity index (χ2v) is 7.78. The quantitative estimate of drug-likeness (QED) is 0.450. The van der Waals surface area contributed by atoms with Crippen molar-refractivity contribution < 1.29 is 28.7 Å². The van der Waals surface area contributed by atoms with E-state index in [9.17, 15) is 19.2 Å². The molecular formula is C23H25N3O6S. The van der Waals surface area contributed by atoms with Gasteiger partial charge in [0, 0.05) is 18.3 Å². The first-order chi connectivity index (χ1) is 15.7. The lowest BCUT2D eigenvalue weighted by molar-refractivity contribution is -0.116. The average molecular weight is 472 g/mol. The van der Waals surface area contributed by atoms with Crippen LogP contribution in [0.1, 0.15) is 45.0 Å². The summed E-state index contributed by atoms with van der Waals surface area (Å²) >= 11 is 0.906. The van der Waals surface area contributed by atoms with Crippen LogP contribution >= 0.6 is 11.3 Å². The predicted molar refractivity (Wildman–Crippen MR) is 126 cm³/mol. The average Bonchev–Trinajstić information content (AvgIpc) is 3.09. The summed E-state index contributed by atoms with van der Waals surface area (Å²) in [5, 5.41) is 5.38. The van der Waals surface area contributed by atoms with Crippen molar-refractivity contribution in [1.82, 2.24) is 4.90 Å². The van der Waals surface area contributed by atoms with Gasteiger partial charge in [-0.25, -0.2) is 14.4 Å². The van der Waals surface area contributed by atoms with Gasteiger partial charge in [0.15, 0.2) is 0 Å². The van der Waals surface area contributed by atoms with E-state index in [0.29, 0.717) is 16.8 Å². The largest absolute Gasteiger partial charge is 0.462 e. The molecule has 1 heterocycles. The Balaban J connectivity index is 2.15. The molecule has 0 aliphatic rings. The van der Waals surface area contributed by atoms with Crippen LogP contribution in [0.25, 0.3) is 0 Å². The molecule has 0 unspecified atom stereocenters. The van der Waals surface area contributed by atoms with E-state index in [0.717, 1.165) is 16.2 Å². The van der Waals surface area contributed by atoms with Crippen LogP contribution in [0.4, 0.5) is 15.5 Å². The molecule has 10 heteroatoms.